The first kappa shape index (κ1) is 24.8. The Hall–Kier alpha value is -3.31. The summed E-state index contributed by atoms with van der Waals surface area (Å²) in [5.41, 5.74) is 6.67. The number of ether oxygens (including phenoxy) is 2. The number of amidine groups is 1. The Labute approximate surface area is 205 Å². The Morgan fingerprint density at radius 1 is 1.34 bits per heavy atom. The van der Waals surface area contributed by atoms with Crippen molar-refractivity contribution in [3.8, 4) is 6.07 Å². The van der Waals surface area contributed by atoms with Crippen LogP contribution in [0.3, 0.4) is 0 Å². The second-order valence-corrected chi connectivity index (χ2v) is 9.93. The van der Waals surface area contributed by atoms with Crippen molar-refractivity contribution in [2.45, 2.75) is 64.2 Å². The zero-order valence-electron chi connectivity index (χ0n) is 20.3. The van der Waals surface area contributed by atoms with Crippen LogP contribution in [0, 0.1) is 29.0 Å². The number of aromatic nitrogens is 1. The number of hydrogen-bond acceptors (Lipinski definition) is 7. The van der Waals surface area contributed by atoms with E-state index in [4.69, 9.17) is 20.5 Å². The molecule has 2 aromatic rings. The monoisotopic (exact) mass is 478 g/mol. The predicted molar refractivity (Wildman–Crippen MR) is 129 cm³/mol. The van der Waals surface area contributed by atoms with Gasteiger partial charge in [-0.2, -0.15) is 5.26 Å². The minimum Gasteiger partial charge on any atom is -0.459 e. The quantitative estimate of drug-likeness (QED) is 0.567. The summed E-state index contributed by atoms with van der Waals surface area (Å²) in [5.74, 6) is -0.249. The Bertz CT molecular complexity index is 1160. The molecule has 0 aliphatic carbocycles. The number of halogens is 1. The number of rotatable bonds is 8. The first-order valence-electron chi connectivity index (χ1n) is 12.0. The molecule has 0 spiro atoms. The highest BCUT2D eigenvalue weighted by molar-refractivity contribution is 5.95. The molecule has 7 nitrogen and oxygen atoms in total. The van der Waals surface area contributed by atoms with E-state index in [0.717, 1.165) is 19.3 Å². The summed E-state index contributed by atoms with van der Waals surface area (Å²) in [6, 6.07) is 9.74. The molecule has 1 aromatic heterocycles. The molecule has 2 aliphatic heterocycles. The van der Waals surface area contributed by atoms with Crippen LogP contribution in [-0.2, 0) is 21.4 Å². The average molecular weight is 479 g/mol. The lowest BCUT2D eigenvalue weighted by atomic mass is 9.73. The van der Waals surface area contributed by atoms with Gasteiger partial charge < -0.3 is 15.2 Å². The summed E-state index contributed by atoms with van der Waals surface area (Å²) in [7, 11) is 0. The summed E-state index contributed by atoms with van der Waals surface area (Å²) < 4.78 is 27.2. The maximum absolute atomic E-state index is 15.3. The third kappa shape index (κ3) is 5.20. The zero-order valence-corrected chi connectivity index (χ0v) is 20.3. The molecule has 4 atom stereocenters. The van der Waals surface area contributed by atoms with E-state index in [2.05, 4.69) is 23.8 Å². The van der Waals surface area contributed by atoms with Gasteiger partial charge in [0.25, 0.3) is 6.02 Å². The number of fused-ring (bicyclic) bond motifs is 1. The molecular weight excluding hydrogens is 447 g/mol. The zero-order chi connectivity index (χ0) is 25.2. The van der Waals surface area contributed by atoms with Crippen molar-refractivity contribution in [3.05, 3.63) is 64.7 Å². The smallest absolute Gasteiger partial charge is 0.283 e. The fraction of sp³-hybridized carbons (Fsp3) is 0.481. The molecule has 184 valence electrons. The Morgan fingerprint density at radius 2 is 2.14 bits per heavy atom. The molecule has 0 bridgehead atoms. The lowest BCUT2D eigenvalue weighted by molar-refractivity contribution is 0.0489. The first-order chi connectivity index (χ1) is 16.7. The van der Waals surface area contributed by atoms with Gasteiger partial charge in [0, 0.05) is 18.2 Å². The molecule has 0 radical (unpaired) electrons. The second kappa shape index (κ2) is 10.1. The minimum atomic E-state index is -0.998. The van der Waals surface area contributed by atoms with Gasteiger partial charge in [0.2, 0.25) is 0 Å². The van der Waals surface area contributed by atoms with Gasteiger partial charge in [0.1, 0.15) is 29.2 Å². The lowest BCUT2D eigenvalue weighted by Crippen LogP contribution is -2.49. The van der Waals surface area contributed by atoms with Crippen LogP contribution >= 0.6 is 0 Å². The average Bonchev–Trinajstić information content (AvgIpc) is 3.23. The van der Waals surface area contributed by atoms with Gasteiger partial charge in [-0.1, -0.05) is 32.8 Å². The molecule has 1 aromatic carbocycles. The molecule has 35 heavy (non-hydrogen) atoms. The number of ketones is 1. The number of benzene rings is 1. The van der Waals surface area contributed by atoms with Crippen LogP contribution in [-0.4, -0.2) is 35.6 Å². The topological polar surface area (TPSA) is 111 Å². The summed E-state index contributed by atoms with van der Waals surface area (Å²) in [4.78, 5) is 21.5. The number of pyridine rings is 1. The number of nitrogens with two attached hydrogens (primary N) is 1. The standard InChI is InChI=1S/C27H31FN4O3/c1-16(2)5-4-6-23-25-24(15-34-23)35-26(30)32-27(25,3)19-11-17(7-9-20(19)28)12-22(33)21-10-8-18(13-29)14-31-21/h7-11,14,16,23-25H,4-6,12,15H2,1-3H3,(H2,30,32)/t23-,24+,25-,27+/m0/s1. The van der Waals surface area contributed by atoms with Gasteiger partial charge in [-0.3, -0.25) is 9.78 Å². The number of carbonyl (C=O) groups is 1. The van der Waals surface area contributed by atoms with Gasteiger partial charge in [-0.25, -0.2) is 9.38 Å². The molecule has 4 rings (SSSR count). The molecule has 0 unspecified atom stereocenters. The summed E-state index contributed by atoms with van der Waals surface area (Å²) >= 11 is 0. The van der Waals surface area contributed by atoms with Crippen molar-refractivity contribution in [2.75, 3.05) is 6.61 Å². The fourth-order valence-corrected chi connectivity index (χ4v) is 5.18. The summed E-state index contributed by atoms with van der Waals surface area (Å²) in [6.07, 6.45) is 3.87. The maximum atomic E-state index is 15.3. The number of nitriles is 1. The van der Waals surface area contributed by atoms with Crippen molar-refractivity contribution in [1.29, 1.82) is 5.26 Å². The number of hydrogen-bond donors (Lipinski definition) is 1. The van der Waals surface area contributed by atoms with Crippen LogP contribution in [0.1, 0.15) is 67.2 Å². The van der Waals surface area contributed by atoms with Crippen molar-refractivity contribution in [1.82, 2.24) is 4.98 Å². The first-order valence-corrected chi connectivity index (χ1v) is 12.0. The number of Topliss-reactive ketones (excluding diaryl/α,β-unsaturated/α-hetero) is 1. The summed E-state index contributed by atoms with van der Waals surface area (Å²) in [6.45, 7) is 6.63. The van der Waals surface area contributed by atoms with Crippen LogP contribution < -0.4 is 5.73 Å². The van der Waals surface area contributed by atoms with Gasteiger partial charge in [0.15, 0.2) is 5.78 Å². The van der Waals surface area contributed by atoms with Crippen LogP contribution in [0.15, 0.2) is 41.5 Å². The van der Waals surface area contributed by atoms with Gasteiger partial charge in [0.05, 0.1) is 24.2 Å². The lowest BCUT2D eigenvalue weighted by Gasteiger charge is -2.41. The number of carbonyl (C=O) groups excluding carboxylic acids is 1. The van der Waals surface area contributed by atoms with Gasteiger partial charge in [-0.05, 0) is 49.1 Å². The van der Waals surface area contributed by atoms with Crippen molar-refractivity contribution in [2.24, 2.45) is 22.6 Å². The van der Waals surface area contributed by atoms with E-state index < -0.39 is 11.4 Å². The van der Waals surface area contributed by atoms with Crippen LogP contribution in [0.2, 0.25) is 0 Å². The third-order valence-corrected chi connectivity index (χ3v) is 6.93. The Balaban J connectivity index is 1.62. The molecule has 2 aliphatic rings. The van der Waals surface area contributed by atoms with Gasteiger partial charge >= 0.3 is 0 Å². The van der Waals surface area contributed by atoms with Crippen molar-refractivity contribution in [3.63, 3.8) is 0 Å². The number of nitrogens with zero attached hydrogens (tertiary/aromatic N) is 3. The van der Waals surface area contributed by atoms with Crippen molar-refractivity contribution >= 4 is 11.8 Å². The molecular formula is C27H31FN4O3. The molecule has 1 saturated heterocycles. The molecule has 0 amide bonds. The maximum Gasteiger partial charge on any atom is 0.283 e. The van der Waals surface area contributed by atoms with E-state index in [1.165, 1.54) is 18.3 Å². The van der Waals surface area contributed by atoms with Crippen molar-refractivity contribution < 1.29 is 18.7 Å². The SMILES string of the molecule is CC(C)CCC[C@@H]1OC[C@H]2OC(N)=N[C@](C)(c3cc(CC(=O)c4ccc(C#N)cn4)ccc3F)[C@@H]12. The highest BCUT2D eigenvalue weighted by Gasteiger charge is 2.54. The number of aliphatic imine (C=N–C) groups is 1. The second-order valence-electron chi connectivity index (χ2n) is 9.93. The summed E-state index contributed by atoms with van der Waals surface area (Å²) in [5, 5.41) is 8.93. The Kier molecular flexibility index (Phi) is 7.18. The Morgan fingerprint density at radius 3 is 2.83 bits per heavy atom. The van der Waals surface area contributed by atoms with E-state index in [9.17, 15) is 4.79 Å². The van der Waals surface area contributed by atoms with E-state index in [-0.39, 0.29) is 42.0 Å². The predicted octanol–water partition coefficient (Wildman–Crippen LogP) is 4.29. The largest absolute Gasteiger partial charge is 0.459 e. The van der Waals surface area contributed by atoms with E-state index in [1.54, 1.807) is 18.2 Å². The molecule has 0 saturated carbocycles. The van der Waals surface area contributed by atoms with E-state index >= 15 is 4.39 Å². The molecule has 1 fully saturated rings. The van der Waals surface area contributed by atoms with Crippen LogP contribution in [0.4, 0.5) is 4.39 Å². The third-order valence-electron chi connectivity index (χ3n) is 6.93. The highest BCUT2D eigenvalue weighted by atomic mass is 19.1. The van der Waals surface area contributed by atoms with Gasteiger partial charge in [-0.15, -0.1) is 0 Å². The molecule has 2 N–H and O–H groups in total. The van der Waals surface area contributed by atoms with E-state index in [0.29, 0.717) is 29.2 Å². The van der Waals surface area contributed by atoms with Crippen LogP contribution in [0.5, 0.6) is 0 Å². The molecule has 8 heteroatoms. The fourth-order valence-electron chi connectivity index (χ4n) is 5.18. The highest BCUT2D eigenvalue weighted by Crippen LogP contribution is 2.47. The van der Waals surface area contributed by atoms with Crippen LogP contribution in [0.25, 0.3) is 0 Å². The molecule has 3 heterocycles. The minimum absolute atomic E-state index is 0.0165. The van der Waals surface area contributed by atoms with E-state index in [1.807, 2.05) is 13.0 Å². The normalized spacial score (nSPS) is 25.5.